The molecule has 0 unspecified atom stereocenters. The van der Waals surface area contributed by atoms with Crippen LogP contribution >= 0.6 is 0 Å². The van der Waals surface area contributed by atoms with E-state index >= 15 is 0 Å². The lowest BCUT2D eigenvalue weighted by Crippen LogP contribution is -2.33. The number of carbonyl (C=O) groups is 2. The average molecular weight is 358 g/mol. The van der Waals surface area contributed by atoms with Crippen molar-refractivity contribution in [3.63, 3.8) is 0 Å². The van der Waals surface area contributed by atoms with Crippen molar-refractivity contribution in [3.05, 3.63) is 28.6 Å². The van der Waals surface area contributed by atoms with Crippen molar-refractivity contribution in [2.24, 2.45) is 5.92 Å². The van der Waals surface area contributed by atoms with Gasteiger partial charge in [0.2, 0.25) is 5.91 Å². The first-order valence-electron chi connectivity index (χ1n) is 9.83. The minimum atomic E-state index is -0.315. The second-order valence-electron chi connectivity index (χ2n) is 7.42. The van der Waals surface area contributed by atoms with E-state index in [-0.39, 0.29) is 11.9 Å². The molecule has 1 heterocycles. The highest BCUT2D eigenvalue weighted by molar-refractivity contribution is 5.99. The normalized spacial score (nSPS) is 16.9. The minimum Gasteiger partial charge on any atom is -0.462 e. The first-order valence-corrected chi connectivity index (χ1v) is 9.83. The molecule has 0 radical (unpaired) electrons. The molecule has 0 aliphatic heterocycles. The summed E-state index contributed by atoms with van der Waals surface area (Å²) in [5.74, 6) is 0.438. The third-order valence-corrected chi connectivity index (χ3v) is 5.44. The number of ether oxygens (including phenoxy) is 1. The maximum Gasteiger partial charge on any atom is 0.340 e. The molecule has 1 aromatic heterocycles. The fraction of sp³-hybridized carbons (Fsp3) is 0.619. The lowest BCUT2D eigenvalue weighted by atomic mass is 10.1. The molecule has 0 bridgehead atoms. The second-order valence-corrected chi connectivity index (χ2v) is 7.42. The average Bonchev–Trinajstić information content (AvgIpc) is 3.50. The monoisotopic (exact) mass is 358 g/mol. The van der Waals surface area contributed by atoms with Crippen LogP contribution in [-0.2, 0) is 16.1 Å². The van der Waals surface area contributed by atoms with Gasteiger partial charge in [0, 0.05) is 42.2 Å². The predicted molar refractivity (Wildman–Crippen MR) is 102 cm³/mol. The van der Waals surface area contributed by atoms with Crippen molar-refractivity contribution in [1.29, 1.82) is 0 Å². The molecular weight excluding hydrogens is 328 g/mol. The van der Waals surface area contributed by atoms with Gasteiger partial charge in [0.25, 0.3) is 0 Å². The highest BCUT2D eigenvalue weighted by Gasteiger charge is 2.35. The summed E-state index contributed by atoms with van der Waals surface area (Å²) in [5, 5.41) is 0. The zero-order valence-corrected chi connectivity index (χ0v) is 16.4. The minimum absolute atomic E-state index is 0.0653. The summed E-state index contributed by atoms with van der Waals surface area (Å²) in [6, 6.07) is 0.417. The number of amides is 1. The summed E-state index contributed by atoms with van der Waals surface area (Å²) < 4.78 is 7.34. The number of esters is 1. The number of aromatic nitrogens is 1. The van der Waals surface area contributed by atoms with E-state index in [2.05, 4.69) is 11.5 Å². The highest BCUT2D eigenvalue weighted by Crippen LogP contribution is 2.35. The summed E-state index contributed by atoms with van der Waals surface area (Å²) in [4.78, 5) is 27.2. The van der Waals surface area contributed by atoms with Gasteiger partial charge in [-0.3, -0.25) is 4.79 Å². The lowest BCUT2D eigenvalue weighted by molar-refractivity contribution is -0.126. The van der Waals surface area contributed by atoms with Crippen LogP contribution in [0.4, 0.5) is 0 Å². The van der Waals surface area contributed by atoms with Crippen LogP contribution in [0.15, 0.2) is 6.08 Å². The van der Waals surface area contributed by atoms with E-state index in [4.69, 9.17) is 4.74 Å². The van der Waals surface area contributed by atoms with Gasteiger partial charge in [0.05, 0.1) is 12.2 Å². The van der Waals surface area contributed by atoms with Crippen molar-refractivity contribution >= 4 is 18.0 Å². The molecule has 5 heteroatoms. The van der Waals surface area contributed by atoms with Gasteiger partial charge in [0.15, 0.2) is 0 Å². The van der Waals surface area contributed by atoms with Crippen LogP contribution in [0.25, 0.3) is 6.08 Å². The molecular formula is C21H30N2O3. The molecule has 0 aromatic carbocycles. The molecule has 142 valence electrons. The van der Waals surface area contributed by atoms with Gasteiger partial charge in [-0.2, -0.15) is 0 Å². The van der Waals surface area contributed by atoms with Gasteiger partial charge in [-0.25, -0.2) is 4.79 Å². The van der Waals surface area contributed by atoms with E-state index < -0.39 is 0 Å². The fourth-order valence-electron chi connectivity index (χ4n) is 3.68. The molecule has 26 heavy (non-hydrogen) atoms. The topological polar surface area (TPSA) is 51.5 Å². The molecule has 5 nitrogen and oxygen atoms in total. The third kappa shape index (κ3) is 3.87. The molecule has 3 rings (SSSR count). The Balaban J connectivity index is 1.86. The molecule has 0 atom stereocenters. The zero-order chi connectivity index (χ0) is 18.8. The standard InChI is InChI=1S/C21H30N2O3/c1-5-22-14(3)18(20(15(22)4)21(25)26-6-2)11-12-19(24)23(17-9-10-17)13-16-7-8-16/h11-12,16-17H,5-10,13H2,1-4H3/b12-11+. The summed E-state index contributed by atoms with van der Waals surface area (Å²) in [7, 11) is 0. The van der Waals surface area contributed by atoms with Crippen LogP contribution in [0.5, 0.6) is 0 Å². The van der Waals surface area contributed by atoms with Crippen molar-refractivity contribution in [2.75, 3.05) is 13.2 Å². The number of hydrogen-bond donors (Lipinski definition) is 0. The molecule has 2 aliphatic rings. The first-order chi connectivity index (χ1) is 12.5. The Morgan fingerprint density at radius 3 is 2.38 bits per heavy atom. The first kappa shape index (κ1) is 18.7. The maximum absolute atomic E-state index is 12.8. The number of nitrogens with zero attached hydrogens (tertiary/aromatic N) is 2. The smallest absolute Gasteiger partial charge is 0.340 e. The van der Waals surface area contributed by atoms with Gasteiger partial charge >= 0.3 is 5.97 Å². The van der Waals surface area contributed by atoms with E-state index in [9.17, 15) is 9.59 Å². The number of rotatable bonds is 8. The Hall–Kier alpha value is -2.04. The number of carbonyl (C=O) groups excluding carboxylic acids is 2. The SMILES string of the molecule is CCOC(=O)c1c(/C=C/C(=O)N(CC2CC2)C2CC2)c(C)n(CC)c1C. The number of hydrogen-bond acceptors (Lipinski definition) is 3. The summed E-state index contributed by atoms with van der Waals surface area (Å²) in [5.41, 5.74) is 3.28. The van der Waals surface area contributed by atoms with Crippen molar-refractivity contribution < 1.29 is 14.3 Å². The van der Waals surface area contributed by atoms with E-state index in [1.807, 2.05) is 24.8 Å². The van der Waals surface area contributed by atoms with Crippen LogP contribution < -0.4 is 0 Å². The van der Waals surface area contributed by atoms with Crippen LogP contribution in [0.2, 0.25) is 0 Å². The second kappa shape index (κ2) is 7.68. The van der Waals surface area contributed by atoms with Gasteiger partial charge in [-0.15, -0.1) is 0 Å². The van der Waals surface area contributed by atoms with Gasteiger partial charge in [-0.1, -0.05) is 0 Å². The molecule has 2 aliphatic carbocycles. The molecule has 2 fully saturated rings. The Kier molecular flexibility index (Phi) is 5.54. The molecule has 1 aromatic rings. The van der Waals surface area contributed by atoms with Crippen LogP contribution in [0.3, 0.4) is 0 Å². The molecule has 2 saturated carbocycles. The van der Waals surface area contributed by atoms with E-state index in [0.717, 1.165) is 42.9 Å². The summed E-state index contributed by atoms with van der Waals surface area (Å²) >= 11 is 0. The van der Waals surface area contributed by atoms with Crippen molar-refractivity contribution in [2.45, 2.75) is 66.0 Å². The fourth-order valence-corrected chi connectivity index (χ4v) is 3.68. The zero-order valence-electron chi connectivity index (χ0n) is 16.4. The quantitative estimate of drug-likeness (QED) is 0.526. The van der Waals surface area contributed by atoms with Gasteiger partial charge in [-0.05, 0) is 65.4 Å². The summed E-state index contributed by atoms with van der Waals surface area (Å²) in [6.07, 6.45) is 8.17. The Morgan fingerprint density at radius 2 is 1.85 bits per heavy atom. The highest BCUT2D eigenvalue weighted by atomic mass is 16.5. The van der Waals surface area contributed by atoms with Gasteiger partial charge in [0.1, 0.15) is 0 Å². The van der Waals surface area contributed by atoms with Crippen LogP contribution in [0.1, 0.15) is 66.8 Å². The Labute approximate surface area is 156 Å². The van der Waals surface area contributed by atoms with E-state index in [1.54, 1.807) is 13.0 Å². The predicted octanol–water partition coefficient (Wildman–Crippen LogP) is 3.72. The molecule has 0 saturated heterocycles. The van der Waals surface area contributed by atoms with Crippen molar-refractivity contribution in [3.8, 4) is 0 Å². The van der Waals surface area contributed by atoms with Crippen LogP contribution in [-0.4, -0.2) is 40.5 Å². The Morgan fingerprint density at radius 1 is 1.15 bits per heavy atom. The molecule has 0 spiro atoms. The van der Waals surface area contributed by atoms with E-state index in [0.29, 0.717) is 24.1 Å². The molecule has 0 N–H and O–H groups in total. The van der Waals surface area contributed by atoms with Gasteiger partial charge < -0.3 is 14.2 Å². The van der Waals surface area contributed by atoms with Crippen LogP contribution in [0, 0.1) is 19.8 Å². The lowest BCUT2D eigenvalue weighted by Gasteiger charge is -2.20. The molecule has 1 amide bonds. The Bertz CT molecular complexity index is 724. The summed E-state index contributed by atoms with van der Waals surface area (Å²) in [6.45, 7) is 9.79. The van der Waals surface area contributed by atoms with Crippen molar-refractivity contribution in [1.82, 2.24) is 9.47 Å². The third-order valence-electron chi connectivity index (χ3n) is 5.44. The largest absolute Gasteiger partial charge is 0.462 e. The maximum atomic E-state index is 12.8. The van der Waals surface area contributed by atoms with E-state index in [1.165, 1.54) is 12.8 Å².